The van der Waals surface area contributed by atoms with E-state index in [-0.39, 0.29) is 108 Å². The van der Waals surface area contributed by atoms with E-state index in [1.54, 1.807) is 0 Å². The average molecular weight is 1060 g/mol. The Bertz CT molecular complexity index is 1970. The van der Waals surface area contributed by atoms with Crippen molar-refractivity contribution in [3.05, 3.63) is 49.0 Å². The van der Waals surface area contributed by atoms with E-state index in [4.69, 9.17) is 82.4 Å². The number of hydrogen-bond donors (Lipinski definition) is 5. The Hall–Kier alpha value is -6.78. The summed E-state index contributed by atoms with van der Waals surface area (Å²) in [6, 6.07) is 0. The maximum atomic E-state index is 11.8. The van der Waals surface area contributed by atoms with Crippen LogP contribution in [0.3, 0.4) is 0 Å². The van der Waals surface area contributed by atoms with Gasteiger partial charge in [0.2, 0.25) is 0 Å². The molecule has 0 radical (unpaired) electrons. The van der Waals surface area contributed by atoms with Gasteiger partial charge in [0, 0.05) is 50.3 Å². The SMILES string of the molecule is C=C(O)C=CC(=O)O[C@H]1CO[C@H]2[C@@H]1OC[C@H]2OC(=O)C=CC(=O)O.C=C(O)CCC(=O)O[C@H]1CO[C@H]2[C@@H]1OC[C@H]2OC(=O)CCC(=O)O.CC(=O)CCCC(=O)O[C@H]1CO[C@H]2[C@@H]1OC[C@H]2OC(=O)CCCC(=O)O. The minimum absolute atomic E-state index is 0.00315. The van der Waals surface area contributed by atoms with Gasteiger partial charge in [0.05, 0.1) is 64.7 Å². The van der Waals surface area contributed by atoms with Gasteiger partial charge < -0.3 is 87.2 Å². The topological polar surface area (TPSA) is 383 Å². The Kier molecular flexibility index (Phi) is 24.1. The molecule has 6 fully saturated rings. The highest BCUT2D eigenvalue weighted by Crippen LogP contribution is 2.33. The number of carboxylic acid groups (broad SMARTS) is 3. The van der Waals surface area contributed by atoms with Gasteiger partial charge in [-0.1, -0.05) is 13.2 Å². The van der Waals surface area contributed by atoms with Crippen LogP contribution in [0.25, 0.3) is 0 Å². The minimum Gasteiger partial charge on any atom is -0.513 e. The van der Waals surface area contributed by atoms with Crippen molar-refractivity contribution in [3.63, 3.8) is 0 Å². The van der Waals surface area contributed by atoms with E-state index in [9.17, 15) is 47.9 Å². The summed E-state index contributed by atoms with van der Waals surface area (Å²) in [5.41, 5.74) is 0. The quantitative estimate of drug-likeness (QED) is 0.0294. The zero-order chi connectivity index (χ0) is 54.5. The lowest BCUT2D eigenvalue weighted by atomic mass is 10.1. The number of ether oxygens (including phenoxy) is 12. The molecule has 74 heavy (non-hydrogen) atoms. The summed E-state index contributed by atoms with van der Waals surface area (Å²) in [6.07, 6.45) is -2.98. The zero-order valence-electron chi connectivity index (χ0n) is 40.2. The fraction of sp³-hybridized carbons (Fsp3) is 0.617. The first-order valence-electron chi connectivity index (χ1n) is 23.3. The number of aliphatic hydroxyl groups is 2. The van der Waals surface area contributed by atoms with E-state index in [0.29, 0.717) is 18.9 Å². The van der Waals surface area contributed by atoms with Crippen molar-refractivity contribution in [2.24, 2.45) is 0 Å². The van der Waals surface area contributed by atoms with Crippen LogP contribution in [0.5, 0.6) is 0 Å². The van der Waals surface area contributed by atoms with Gasteiger partial charge in [0.25, 0.3) is 0 Å². The highest BCUT2D eigenvalue weighted by molar-refractivity contribution is 5.90. The molecular weight excluding hydrogens is 996 g/mol. The lowest BCUT2D eigenvalue weighted by Crippen LogP contribution is -2.36. The maximum Gasteiger partial charge on any atom is 0.331 e. The molecule has 0 aliphatic carbocycles. The van der Waals surface area contributed by atoms with E-state index >= 15 is 0 Å². The third kappa shape index (κ3) is 20.3. The molecule has 410 valence electrons. The van der Waals surface area contributed by atoms with Crippen molar-refractivity contribution < 1.29 is 130 Å². The molecule has 0 amide bonds. The first-order chi connectivity index (χ1) is 35.1. The Morgan fingerprint density at radius 1 is 0.405 bits per heavy atom. The Balaban J connectivity index is 0.000000241. The predicted octanol–water partition coefficient (Wildman–Crippen LogP) is 0.822. The monoisotopic (exact) mass is 1060 g/mol. The van der Waals surface area contributed by atoms with E-state index < -0.39 is 127 Å². The normalized spacial score (nSPS) is 28.0. The number of allylic oxidation sites excluding steroid dienone is 2. The highest BCUT2D eigenvalue weighted by Gasteiger charge is 2.53. The zero-order valence-corrected chi connectivity index (χ0v) is 40.2. The van der Waals surface area contributed by atoms with Crippen LogP contribution in [0.1, 0.15) is 71.1 Å². The number of Topliss-reactive ketones (excluding diaryl/α,β-unsaturated/α-hetero) is 1. The van der Waals surface area contributed by atoms with Gasteiger partial charge in [0.15, 0.2) is 36.6 Å². The van der Waals surface area contributed by atoms with E-state index in [1.165, 1.54) is 6.92 Å². The van der Waals surface area contributed by atoms with Crippen LogP contribution in [0.4, 0.5) is 0 Å². The number of hydrogen-bond acceptors (Lipinski definition) is 24. The predicted molar refractivity (Wildman–Crippen MR) is 239 cm³/mol. The lowest BCUT2D eigenvalue weighted by Gasteiger charge is -2.17. The highest BCUT2D eigenvalue weighted by atomic mass is 16.7. The van der Waals surface area contributed by atoms with Crippen LogP contribution in [0.2, 0.25) is 0 Å². The maximum absolute atomic E-state index is 11.8. The summed E-state index contributed by atoms with van der Waals surface area (Å²) in [7, 11) is 0. The molecular formula is C47H60O27. The number of aliphatic carboxylic acids is 3. The van der Waals surface area contributed by atoms with E-state index in [0.717, 1.165) is 18.2 Å². The smallest absolute Gasteiger partial charge is 0.331 e. The average Bonchev–Trinajstić information content (AvgIpc) is 4.19. The third-order valence-corrected chi connectivity index (χ3v) is 11.2. The van der Waals surface area contributed by atoms with Crippen molar-refractivity contribution in [3.8, 4) is 0 Å². The molecule has 6 heterocycles. The van der Waals surface area contributed by atoms with Gasteiger partial charge in [-0.2, -0.15) is 0 Å². The van der Waals surface area contributed by atoms with Gasteiger partial charge in [-0.05, 0) is 25.8 Å². The minimum atomic E-state index is -1.27. The fourth-order valence-corrected chi connectivity index (χ4v) is 7.81. The standard InChI is InChI=1S/C17H24O9.C15H20O9.C15H16O9/c1-10(18)4-2-6-14(21)25-11-8-23-17-12(9-24-16(11)17)26-15(22)7-3-5-13(19)20;2*1-8(16)2-4-12(19)23-9-6-21-15-10(7-22-14(9)15)24-13(20)5-3-11(17)18/h11-12,16-17H,2-9H2,1H3,(H,19,20);9-10,14-16H,1-7H2,(H,17,18);2-5,9-10,14-16H,1,6-7H2,(H,17,18)/t11-,12+,16+,17+;2*9-,10+,14+,15+/m000/s1. The molecule has 0 aromatic heterocycles. The second-order valence-corrected chi connectivity index (χ2v) is 17.1. The summed E-state index contributed by atoms with van der Waals surface area (Å²) in [4.78, 5) is 112. The fourth-order valence-electron chi connectivity index (χ4n) is 7.81. The summed E-state index contributed by atoms with van der Waals surface area (Å²) in [5.74, 6) is -7.29. The Morgan fingerprint density at radius 3 is 1.03 bits per heavy atom. The molecule has 0 unspecified atom stereocenters. The van der Waals surface area contributed by atoms with Gasteiger partial charge in [0.1, 0.15) is 48.2 Å². The number of aliphatic hydroxyl groups excluding tert-OH is 2. The molecule has 0 saturated carbocycles. The number of carbonyl (C=O) groups excluding carboxylic acids is 7. The summed E-state index contributed by atoms with van der Waals surface area (Å²) < 4.78 is 64.3. The van der Waals surface area contributed by atoms with Crippen molar-refractivity contribution in [1.82, 2.24) is 0 Å². The van der Waals surface area contributed by atoms with Crippen LogP contribution >= 0.6 is 0 Å². The lowest BCUT2D eigenvalue weighted by molar-refractivity contribution is -0.157. The molecule has 0 bridgehead atoms. The van der Waals surface area contributed by atoms with Crippen LogP contribution in [0.15, 0.2) is 49.0 Å². The van der Waals surface area contributed by atoms with Gasteiger partial charge >= 0.3 is 53.7 Å². The number of fused-ring (bicyclic) bond motifs is 3. The van der Waals surface area contributed by atoms with Crippen molar-refractivity contribution >= 4 is 59.5 Å². The third-order valence-electron chi connectivity index (χ3n) is 11.2. The van der Waals surface area contributed by atoms with E-state index in [2.05, 4.69) is 13.2 Å². The summed E-state index contributed by atoms with van der Waals surface area (Å²) in [5, 5.41) is 43.4. The molecule has 12 atom stereocenters. The molecule has 6 rings (SSSR count). The molecule has 6 aliphatic heterocycles. The van der Waals surface area contributed by atoms with Gasteiger partial charge in [-0.15, -0.1) is 0 Å². The van der Waals surface area contributed by atoms with Crippen molar-refractivity contribution in [2.45, 2.75) is 144 Å². The van der Waals surface area contributed by atoms with Gasteiger partial charge in [-0.3, -0.25) is 28.8 Å². The van der Waals surface area contributed by atoms with Crippen LogP contribution in [-0.4, -0.2) is 198 Å². The number of esters is 6. The summed E-state index contributed by atoms with van der Waals surface area (Å²) in [6.45, 7) is 8.56. The van der Waals surface area contributed by atoms with Crippen LogP contribution in [0, 0.1) is 0 Å². The van der Waals surface area contributed by atoms with Gasteiger partial charge in [-0.25, -0.2) is 14.4 Å². The first kappa shape index (κ1) is 59.8. The second kappa shape index (κ2) is 29.8. The number of ketones is 1. The largest absolute Gasteiger partial charge is 0.513 e. The summed E-state index contributed by atoms with van der Waals surface area (Å²) >= 11 is 0. The molecule has 5 N–H and O–H groups in total. The first-order valence-corrected chi connectivity index (χ1v) is 23.3. The molecule has 0 aromatic carbocycles. The van der Waals surface area contributed by atoms with Crippen molar-refractivity contribution in [1.29, 1.82) is 0 Å². The van der Waals surface area contributed by atoms with Crippen molar-refractivity contribution in [2.75, 3.05) is 39.6 Å². The second-order valence-electron chi connectivity index (χ2n) is 17.1. The number of carboxylic acids is 3. The molecule has 6 aliphatic rings. The van der Waals surface area contributed by atoms with E-state index in [1.807, 2.05) is 0 Å². The molecule has 0 aromatic rings. The molecule has 0 spiro atoms. The molecule has 6 saturated heterocycles. The Labute approximate surface area is 422 Å². The van der Waals surface area contributed by atoms with Crippen LogP contribution < -0.4 is 0 Å². The number of carbonyl (C=O) groups is 10. The number of rotatable bonds is 24. The molecule has 27 heteroatoms. The molecule has 27 nitrogen and oxygen atoms in total. The Morgan fingerprint density at radius 2 is 0.716 bits per heavy atom. The van der Waals surface area contributed by atoms with Crippen LogP contribution in [-0.2, 0) is 105 Å².